The summed E-state index contributed by atoms with van der Waals surface area (Å²) in [6.07, 6.45) is 7.59. The van der Waals surface area contributed by atoms with E-state index < -0.39 is 0 Å². The van der Waals surface area contributed by atoms with Gasteiger partial charge in [-0.15, -0.1) is 0 Å². The lowest BCUT2D eigenvalue weighted by Crippen LogP contribution is -2.41. The van der Waals surface area contributed by atoms with Gasteiger partial charge >= 0.3 is 0 Å². The summed E-state index contributed by atoms with van der Waals surface area (Å²) in [5.74, 6) is 2.17. The Balaban J connectivity index is 1.73. The summed E-state index contributed by atoms with van der Waals surface area (Å²) in [4.78, 5) is 7.03. The molecule has 2 fully saturated rings. The Kier molecular flexibility index (Phi) is 4.48. The molecule has 0 amide bonds. The van der Waals surface area contributed by atoms with Crippen molar-refractivity contribution in [2.24, 2.45) is 5.92 Å². The second-order valence-electron chi connectivity index (χ2n) is 7.07. The number of nitrogens with zero attached hydrogens (tertiary/aromatic N) is 3. The van der Waals surface area contributed by atoms with E-state index in [0.717, 1.165) is 38.0 Å². The van der Waals surface area contributed by atoms with Crippen molar-refractivity contribution in [3.8, 4) is 0 Å². The van der Waals surface area contributed by atoms with Gasteiger partial charge in [0.25, 0.3) is 5.95 Å². The van der Waals surface area contributed by atoms with E-state index in [1.54, 1.807) is 0 Å². The predicted octanol–water partition coefficient (Wildman–Crippen LogP) is 2.73. The van der Waals surface area contributed by atoms with Crippen molar-refractivity contribution >= 4 is 5.95 Å². The molecule has 118 valence electrons. The third kappa shape index (κ3) is 3.23. The van der Waals surface area contributed by atoms with Gasteiger partial charge in [-0.2, -0.15) is 4.98 Å². The van der Waals surface area contributed by atoms with Crippen molar-refractivity contribution < 1.29 is 4.52 Å². The van der Waals surface area contributed by atoms with Crippen LogP contribution in [0.4, 0.5) is 5.95 Å². The number of nitrogens with one attached hydrogen (secondary N) is 1. The summed E-state index contributed by atoms with van der Waals surface area (Å²) in [7, 11) is 0. The summed E-state index contributed by atoms with van der Waals surface area (Å²) >= 11 is 0. The molecule has 1 aromatic heterocycles. The normalized spacial score (nSPS) is 24.9. The van der Waals surface area contributed by atoms with Gasteiger partial charge in [0, 0.05) is 18.5 Å². The molecular formula is C16H28N4O. The van der Waals surface area contributed by atoms with E-state index in [4.69, 9.17) is 9.51 Å². The molecule has 0 aromatic carbocycles. The molecule has 0 spiro atoms. The van der Waals surface area contributed by atoms with Crippen molar-refractivity contribution in [1.29, 1.82) is 0 Å². The van der Waals surface area contributed by atoms with Gasteiger partial charge in [0.15, 0.2) is 0 Å². The number of hydrogen-bond acceptors (Lipinski definition) is 5. The number of anilines is 1. The fourth-order valence-electron chi connectivity index (χ4n) is 3.52. The van der Waals surface area contributed by atoms with Gasteiger partial charge in [-0.05, 0) is 49.8 Å². The van der Waals surface area contributed by atoms with Crippen molar-refractivity contribution in [3.05, 3.63) is 5.89 Å². The molecule has 2 aliphatic heterocycles. The van der Waals surface area contributed by atoms with Crippen LogP contribution in [-0.4, -0.2) is 36.3 Å². The standard InChI is InChI=1S/C16H28N4O/c1-16(2,13-8-7-9-17-12-13)14-18-15(19-21-14)20-10-5-3-4-6-11-20/h13,17H,3-12H2,1-2H3. The molecule has 1 atom stereocenters. The lowest BCUT2D eigenvalue weighted by molar-refractivity contribution is 0.196. The van der Waals surface area contributed by atoms with E-state index in [9.17, 15) is 0 Å². The fraction of sp³-hybridized carbons (Fsp3) is 0.875. The average Bonchev–Trinajstić information content (AvgIpc) is 2.85. The van der Waals surface area contributed by atoms with Crippen LogP contribution in [0.15, 0.2) is 4.52 Å². The first-order valence-electron chi connectivity index (χ1n) is 8.48. The number of aromatic nitrogens is 2. The highest BCUT2D eigenvalue weighted by molar-refractivity contribution is 5.29. The molecule has 5 nitrogen and oxygen atoms in total. The fourth-order valence-corrected chi connectivity index (χ4v) is 3.52. The van der Waals surface area contributed by atoms with Crippen LogP contribution in [0.3, 0.4) is 0 Å². The minimum absolute atomic E-state index is 0.0511. The molecule has 1 aromatic rings. The largest absolute Gasteiger partial charge is 0.338 e. The van der Waals surface area contributed by atoms with Crippen LogP contribution in [0.2, 0.25) is 0 Å². The summed E-state index contributed by atoms with van der Waals surface area (Å²) in [5, 5.41) is 7.75. The topological polar surface area (TPSA) is 54.2 Å². The highest BCUT2D eigenvalue weighted by Crippen LogP contribution is 2.35. The monoisotopic (exact) mass is 292 g/mol. The van der Waals surface area contributed by atoms with Crippen LogP contribution in [0.5, 0.6) is 0 Å². The zero-order chi connectivity index (χ0) is 14.7. The molecule has 3 rings (SSSR count). The molecule has 0 saturated carbocycles. The Morgan fingerprint density at radius 1 is 1.14 bits per heavy atom. The molecule has 0 aliphatic carbocycles. The average molecular weight is 292 g/mol. The van der Waals surface area contributed by atoms with Crippen LogP contribution >= 0.6 is 0 Å². The van der Waals surface area contributed by atoms with Crippen LogP contribution in [0.25, 0.3) is 0 Å². The van der Waals surface area contributed by atoms with E-state index >= 15 is 0 Å². The van der Waals surface area contributed by atoms with E-state index in [1.165, 1.54) is 38.5 Å². The lowest BCUT2D eigenvalue weighted by Gasteiger charge is -2.34. The van der Waals surface area contributed by atoms with Crippen molar-refractivity contribution in [1.82, 2.24) is 15.5 Å². The molecule has 3 heterocycles. The van der Waals surface area contributed by atoms with Crippen LogP contribution in [-0.2, 0) is 5.41 Å². The zero-order valence-corrected chi connectivity index (χ0v) is 13.4. The Morgan fingerprint density at radius 3 is 2.57 bits per heavy atom. The Morgan fingerprint density at radius 2 is 1.90 bits per heavy atom. The van der Waals surface area contributed by atoms with Gasteiger partial charge in [-0.1, -0.05) is 26.7 Å². The van der Waals surface area contributed by atoms with Gasteiger partial charge in [0.05, 0.1) is 0 Å². The van der Waals surface area contributed by atoms with Crippen molar-refractivity contribution in [3.63, 3.8) is 0 Å². The summed E-state index contributed by atoms with van der Waals surface area (Å²) in [6.45, 7) is 8.79. The first kappa shape index (κ1) is 14.8. The summed E-state index contributed by atoms with van der Waals surface area (Å²) in [6, 6.07) is 0. The first-order valence-corrected chi connectivity index (χ1v) is 8.48. The predicted molar refractivity (Wildman–Crippen MR) is 83.6 cm³/mol. The summed E-state index contributed by atoms with van der Waals surface area (Å²) < 4.78 is 5.65. The van der Waals surface area contributed by atoms with Gasteiger partial charge in [0.1, 0.15) is 0 Å². The second kappa shape index (κ2) is 6.34. The molecule has 5 heteroatoms. The first-order chi connectivity index (χ1) is 10.2. The number of rotatable bonds is 3. The molecule has 1 N–H and O–H groups in total. The molecule has 1 unspecified atom stereocenters. The van der Waals surface area contributed by atoms with Gasteiger partial charge in [-0.25, -0.2) is 0 Å². The SMILES string of the molecule is CC(C)(c1nc(N2CCCCCC2)no1)C1CCCNC1. The van der Waals surface area contributed by atoms with E-state index in [0.29, 0.717) is 5.92 Å². The molecule has 21 heavy (non-hydrogen) atoms. The summed E-state index contributed by atoms with van der Waals surface area (Å²) in [5.41, 5.74) is -0.0511. The maximum atomic E-state index is 5.65. The minimum Gasteiger partial charge on any atom is -0.338 e. The van der Waals surface area contributed by atoms with Gasteiger partial charge in [-0.3, -0.25) is 0 Å². The molecule has 0 bridgehead atoms. The van der Waals surface area contributed by atoms with Gasteiger partial charge < -0.3 is 14.7 Å². The maximum Gasteiger partial charge on any atom is 0.266 e. The van der Waals surface area contributed by atoms with E-state index in [1.807, 2.05) is 0 Å². The van der Waals surface area contributed by atoms with Gasteiger partial charge in [0.2, 0.25) is 5.89 Å². The van der Waals surface area contributed by atoms with E-state index in [-0.39, 0.29) is 5.41 Å². The van der Waals surface area contributed by atoms with Crippen LogP contribution in [0, 0.1) is 5.92 Å². The highest BCUT2D eigenvalue weighted by atomic mass is 16.5. The Hall–Kier alpha value is -1.10. The molecule has 2 saturated heterocycles. The Labute approximate surface area is 127 Å². The van der Waals surface area contributed by atoms with Crippen LogP contribution in [0.1, 0.15) is 58.3 Å². The molecular weight excluding hydrogens is 264 g/mol. The Bertz CT molecular complexity index is 443. The third-order valence-corrected chi connectivity index (χ3v) is 5.17. The third-order valence-electron chi connectivity index (χ3n) is 5.17. The quantitative estimate of drug-likeness (QED) is 0.928. The number of piperidine rings is 1. The second-order valence-corrected chi connectivity index (χ2v) is 7.07. The number of hydrogen-bond donors (Lipinski definition) is 1. The minimum atomic E-state index is -0.0511. The van der Waals surface area contributed by atoms with Crippen molar-refractivity contribution in [2.45, 2.75) is 57.8 Å². The molecule has 2 aliphatic rings. The highest BCUT2D eigenvalue weighted by Gasteiger charge is 2.37. The zero-order valence-electron chi connectivity index (χ0n) is 13.4. The lowest BCUT2D eigenvalue weighted by atomic mass is 9.75. The van der Waals surface area contributed by atoms with E-state index in [2.05, 4.69) is 29.2 Å². The van der Waals surface area contributed by atoms with Crippen LogP contribution < -0.4 is 10.2 Å². The maximum absolute atomic E-state index is 5.65. The smallest absolute Gasteiger partial charge is 0.266 e. The molecule has 0 radical (unpaired) electrons. The van der Waals surface area contributed by atoms with Crippen molar-refractivity contribution in [2.75, 3.05) is 31.1 Å².